The van der Waals surface area contributed by atoms with Gasteiger partial charge in [-0.1, -0.05) is 33.6 Å². The van der Waals surface area contributed by atoms with E-state index < -0.39 is 11.7 Å². The van der Waals surface area contributed by atoms with Gasteiger partial charge < -0.3 is 5.11 Å². The number of hydrogen-bond acceptors (Lipinski definition) is 1. The molecule has 0 radical (unpaired) electrons. The molecule has 0 spiro atoms. The van der Waals surface area contributed by atoms with Crippen LogP contribution in [0, 0.1) is 6.92 Å². The van der Waals surface area contributed by atoms with E-state index >= 15 is 0 Å². The van der Waals surface area contributed by atoms with Gasteiger partial charge in [0.2, 0.25) is 0 Å². The van der Waals surface area contributed by atoms with E-state index in [1.165, 1.54) is 12.1 Å². The first kappa shape index (κ1) is 17.6. The first-order valence-corrected chi connectivity index (χ1v) is 8.40. The van der Waals surface area contributed by atoms with Crippen LogP contribution in [0.15, 0.2) is 28.7 Å². The van der Waals surface area contributed by atoms with Crippen LogP contribution in [0.1, 0.15) is 16.7 Å². The van der Waals surface area contributed by atoms with Gasteiger partial charge >= 0.3 is 6.18 Å². The zero-order chi connectivity index (χ0) is 16.7. The van der Waals surface area contributed by atoms with Crippen LogP contribution in [0.2, 0.25) is 5.02 Å². The van der Waals surface area contributed by atoms with Crippen LogP contribution in [0.5, 0.6) is 5.75 Å². The molecule has 0 heterocycles. The molecule has 7 heteroatoms. The molecule has 0 aliphatic carbocycles. The van der Waals surface area contributed by atoms with Crippen molar-refractivity contribution in [3.63, 3.8) is 0 Å². The van der Waals surface area contributed by atoms with Crippen molar-refractivity contribution in [2.75, 3.05) is 0 Å². The number of halogens is 6. The SMILES string of the molecule is Cc1cc(Br)c(O)c(-c2ccc(Cl)c(C(F)(F)F)c2)c1CBr. The minimum absolute atomic E-state index is 0.101. The van der Waals surface area contributed by atoms with Gasteiger partial charge in [-0.2, -0.15) is 13.2 Å². The highest BCUT2D eigenvalue weighted by atomic mass is 79.9. The Morgan fingerprint density at radius 3 is 2.41 bits per heavy atom. The molecule has 118 valence electrons. The van der Waals surface area contributed by atoms with Gasteiger partial charge in [-0.3, -0.25) is 0 Å². The van der Waals surface area contributed by atoms with Crippen molar-refractivity contribution in [1.29, 1.82) is 0 Å². The summed E-state index contributed by atoms with van der Waals surface area (Å²) in [5, 5.41) is 10.3. The van der Waals surface area contributed by atoms with Gasteiger partial charge in [0.25, 0.3) is 0 Å². The molecule has 1 N–H and O–H groups in total. The van der Waals surface area contributed by atoms with Gasteiger partial charge in [-0.05, 0) is 57.7 Å². The van der Waals surface area contributed by atoms with Crippen LogP contribution >= 0.6 is 43.5 Å². The first-order valence-electron chi connectivity index (χ1n) is 6.10. The van der Waals surface area contributed by atoms with Gasteiger partial charge in [0, 0.05) is 10.9 Å². The van der Waals surface area contributed by atoms with Crippen molar-refractivity contribution in [1.82, 2.24) is 0 Å². The molecule has 2 aromatic rings. The van der Waals surface area contributed by atoms with E-state index in [0.29, 0.717) is 15.4 Å². The molecule has 0 amide bonds. The summed E-state index contributed by atoms with van der Waals surface area (Å²) in [6, 6.07) is 5.32. The quantitative estimate of drug-likeness (QED) is 0.497. The number of alkyl halides is 4. The van der Waals surface area contributed by atoms with Crippen molar-refractivity contribution < 1.29 is 18.3 Å². The monoisotopic (exact) mass is 456 g/mol. The van der Waals surface area contributed by atoms with Crippen LogP contribution in [0.4, 0.5) is 13.2 Å². The van der Waals surface area contributed by atoms with Crippen LogP contribution in [0.25, 0.3) is 11.1 Å². The second-order valence-corrected chi connectivity index (χ2v) is 6.53. The standard InChI is InChI=1S/C15H10Br2ClF3O/c1-7-4-11(17)14(22)13(9(7)6-16)8-2-3-12(18)10(5-8)15(19,20)21/h2-5,22H,6H2,1H3. The molecule has 0 aromatic heterocycles. The molecular formula is C15H10Br2ClF3O. The summed E-state index contributed by atoms with van der Waals surface area (Å²) in [5.74, 6) is -0.101. The molecule has 1 nitrogen and oxygen atoms in total. The highest BCUT2D eigenvalue weighted by molar-refractivity contribution is 9.10. The lowest BCUT2D eigenvalue weighted by Gasteiger charge is -2.17. The first-order chi connectivity index (χ1) is 10.2. The largest absolute Gasteiger partial charge is 0.506 e. The fraction of sp³-hybridized carbons (Fsp3) is 0.200. The summed E-state index contributed by atoms with van der Waals surface area (Å²) < 4.78 is 39.5. The Bertz CT molecular complexity index is 730. The third-order valence-electron chi connectivity index (χ3n) is 3.28. The van der Waals surface area contributed by atoms with Crippen molar-refractivity contribution in [3.05, 3.63) is 50.5 Å². The van der Waals surface area contributed by atoms with Crippen molar-refractivity contribution in [3.8, 4) is 16.9 Å². The van der Waals surface area contributed by atoms with Crippen molar-refractivity contribution in [2.24, 2.45) is 0 Å². The Morgan fingerprint density at radius 2 is 1.86 bits per heavy atom. The molecule has 0 aliphatic rings. The van der Waals surface area contributed by atoms with E-state index in [0.717, 1.165) is 17.2 Å². The molecule has 0 saturated heterocycles. The molecule has 0 fully saturated rings. The molecule has 2 rings (SSSR count). The van der Waals surface area contributed by atoms with E-state index in [2.05, 4.69) is 31.9 Å². The second-order valence-electron chi connectivity index (χ2n) is 4.70. The van der Waals surface area contributed by atoms with Gasteiger partial charge in [0.05, 0.1) is 15.1 Å². The van der Waals surface area contributed by atoms with E-state index in [-0.39, 0.29) is 16.3 Å². The summed E-state index contributed by atoms with van der Waals surface area (Å²) in [5.41, 5.74) is 1.25. The Morgan fingerprint density at radius 1 is 1.23 bits per heavy atom. The van der Waals surface area contributed by atoms with Gasteiger partial charge in [-0.15, -0.1) is 0 Å². The normalized spacial score (nSPS) is 11.8. The predicted octanol–water partition coefficient (Wildman–Crippen LogP) is 6.70. The number of phenols is 1. The highest BCUT2D eigenvalue weighted by Gasteiger charge is 2.33. The molecular weight excluding hydrogens is 448 g/mol. The van der Waals surface area contributed by atoms with E-state index in [1.54, 1.807) is 6.07 Å². The minimum atomic E-state index is -4.56. The predicted molar refractivity (Wildman–Crippen MR) is 88.6 cm³/mol. The molecule has 2 aromatic carbocycles. The van der Waals surface area contributed by atoms with Gasteiger partial charge in [0.15, 0.2) is 0 Å². The van der Waals surface area contributed by atoms with Crippen LogP contribution < -0.4 is 0 Å². The molecule has 22 heavy (non-hydrogen) atoms. The van der Waals surface area contributed by atoms with E-state index in [4.69, 9.17) is 11.6 Å². The zero-order valence-corrected chi connectivity index (χ0v) is 15.2. The number of hydrogen-bond donors (Lipinski definition) is 1. The number of aromatic hydroxyl groups is 1. The lowest BCUT2D eigenvalue weighted by atomic mass is 9.94. The lowest BCUT2D eigenvalue weighted by Crippen LogP contribution is -2.06. The Balaban J connectivity index is 2.78. The van der Waals surface area contributed by atoms with E-state index in [1.807, 2.05) is 6.92 Å². The maximum atomic E-state index is 13.0. The van der Waals surface area contributed by atoms with Crippen molar-refractivity contribution in [2.45, 2.75) is 18.4 Å². The topological polar surface area (TPSA) is 20.2 Å². The van der Waals surface area contributed by atoms with Gasteiger partial charge in [-0.25, -0.2) is 0 Å². The summed E-state index contributed by atoms with van der Waals surface area (Å²) in [4.78, 5) is 0. The molecule has 0 aliphatic heterocycles. The number of phenolic OH excluding ortho intramolecular Hbond substituents is 1. The molecule has 0 bridgehead atoms. The average Bonchev–Trinajstić information content (AvgIpc) is 2.42. The molecule has 0 saturated carbocycles. The summed E-state index contributed by atoms with van der Waals surface area (Å²) in [7, 11) is 0. The average molecular weight is 458 g/mol. The fourth-order valence-corrected chi connectivity index (χ4v) is 3.68. The van der Waals surface area contributed by atoms with Crippen LogP contribution in [-0.4, -0.2) is 5.11 Å². The lowest BCUT2D eigenvalue weighted by molar-refractivity contribution is -0.137. The van der Waals surface area contributed by atoms with E-state index in [9.17, 15) is 18.3 Å². The maximum absolute atomic E-state index is 13.0. The third-order valence-corrected chi connectivity index (χ3v) is 4.77. The Labute approximate surface area is 147 Å². The number of aryl methyl sites for hydroxylation is 1. The molecule has 0 unspecified atom stereocenters. The summed E-state index contributed by atoms with van der Waals surface area (Å²) in [6.45, 7) is 1.82. The maximum Gasteiger partial charge on any atom is 0.417 e. The highest BCUT2D eigenvalue weighted by Crippen LogP contribution is 2.44. The second kappa shape index (κ2) is 6.42. The van der Waals surface area contributed by atoms with Crippen LogP contribution in [-0.2, 0) is 11.5 Å². The van der Waals surface area contributed by atoms with Gasteiger partial charge in [0.1, 0.15) is 5.75 Å². The Hall–Kier alpha value is -0.720. The summed E-state index contributed by atoms with van der Waals surface area (Å²) >= 11 is 12.2. The zero-order valence-electron chi connectivity index (χ0n) is 11.2. The Kier molecular flexibility index (Phi) is 5.14. The number of rotatable bonds is 2. The summed E-state index contributed by atoms with van der Waals surface area (Å²) in [6.07, 6.45) is -4.56. The molecule has 0 atom stereocenters. The van der Waals surface area contributed by atoms with Crippen molar-refractivity contribution >= 4 is 43.5 Å². The fourth-order valence-electron chi connectivity index (χ4n) is 2.19. The number of benzene rings is 2. The minimum Gasteiger partial charge on any atom is -0.506 e. The smallest absolute Gasteiger partial charge is 0.417 e. The van der Waals surface area contributed by atoms with Crippen LogP contribution in [0.3, 0.4) is 0 Å². The third kappa shape index (κ3) is 3.29.